The van der Waals surface area contributed by atoms with Gasteiger partial charge >= 0.3 is 6.18 Å². The van der Waals surface area contributed by atoms with E-state index in [1.54, 1.807) is 0 Å². The van der Waals surface area contributed by atoms with E-state index >= 15 is 0 Å². The molecule has 2 heterocycles. The SMILES string of the molecule is O=C(CN1CCN(S(=O)(=O)c2ccc(C(F)(F)F)cc2)CC1)Nc1ccc(N2CCCC2)cc1. The number of carbonyl (C=O) groups excluding carboxylic acids is 1. The minimum absolute atomic E-state index is 0.127. The van der Waals surface area contributed by atoms with Crippen molar-refractivity contribution in [3.05, 3.63) is 54.1 Å². The first-order valence-corrected chi connectivity index (χ1v) is 12.6. The smallest absolute Gasteiger partial charge is 0.372 e. The fourth-order valence-corrected chi connectivity index (χ4v) is 5.65. The lowest BCUT2D eigenvalue weighted by molar-refractivity contribution is -0.137. The fourth-order valence-electron chi connectivity index (χ4n) is 4.23. The molecule has 1 N–H and O–H groups in total. The van der Waals surface area contributed by atoms with Crippen molar-refractivity contribution in [3.8, 4) is 0 Å². The Bertz CT molecular complexity index is 1090. The molecule has 184 valence electrons. The van der Waals surface area contributed by atoms with Crippen molar-refractivity contribution in [1.82, 2.24) is 9.21 Å². The Balaban J connectivity index is 1.27. The lowest BCUT2D eigenvalue weighted by Gasteiger charge is -2.33. The Morgan fingerprint density at radius 2 is 1.44 bits per heavy atom. The van der Waals surface area contributed by atoms with Crippen LogP contribution in [0.25, 0.3) is 0 Å². The van der Waals surface area contributed by atoms with Gasteiger partial charge in [-0.05, 0) is 61.4 Å². The van der Waals surface area contributed by atoms with Crippen molar-refractivity contribution in [3.63, 3.8) is 0 Å². The average Bonchev–Trinajstić information content (AvgIpc) is 3.34. The van der Waals surface area contributed by atoms with E-state index < -0.39 is 21.8 Å². The number of anilines is 2. The maximum absolute atomic E-state index is 12.8. The first-order valence-electron chi connectivity index (χ1n) is 11.2. The van der Waals surface area contributed by atoms with Crippen LogP contribution in [0.5, 0.6) is 0 Å². The molecular weight excluding hydrogens is 469 g/mol. The molecule has 0 aliphatic carbocycles. The Morgan fingerprint density at radius 3 is 2.00 bits per heavy atom. The quantitative estimate of drug-likeness (QED) is 0.665. The number of piperazine rings is 1. The molecule has 0 radical (unpaired) electrons. The van der Waals surface area contributed by atoms with Gasteiger partial charge < -0.3 is 10.2 Å². The molecule has 0 atom stereocenters. The maximum atomic E-state index is 12.8. The predicted octanol–water partition coefficient (Wildman–Crippen LogP) is 3.25. The highest BCUT2D eigenvalue weighted by Gasteiger charge is 2.32. The standard InChI is InChI=1S/C23H27F3N4O3S/c24-23(25,26)18-3-9-21(10-4-18)34(32,33)30-15-13-28(14-16-30)17-22(31)27-19-5-7-20(8-6-19)29-11-1-2-12-29/h3-10H,1-2,11-17H2,(H,27,31). The maximum Gasteiger partial charge on any atom is 0.416 e. The van der Waals surface area contributed by atoms with Crippen LogP contribution in [0.15, 0.2) is 53.4 Å². The largest absolute Gasteiger partial charge is 0.416 e. The molecule has 7 nitrogen and oxygen atoms in total. The van der Waals surface area contributed by atoms with Crippen LogP contribution in [0.2, 0.25) is 0 Å². The van der Waals surface area contributed by atoms with E-state index in [0.29, 0.717) is 18.8 Å². The van der Waals surface area contributed by atoms with Gasteiger partial charge in [-0.15, -0.1) is 0 Å². The van der Waals surface area contributed by atoms with Crippen molar-refractivity contribution in [2.75, 3.05) is 56.0 Å². The number of alkyl halides is 3. The summed E-state index contributed by atoms with van der Waals surface area (Å²) in [6.07, 6.45) is -2.14. The van der Waals surface area contributed by atoms with Crippen LogP contribution in [-0.4, -0.2) is 69.3 Å². The molecule has 0 bridgehead atoms. The van der Waals surface area contributed by atoms with Crippen LogP contribution in [0.1, 0.15) is 18.4 Å². The summed E-state index contributed by atoms with van der Waals surface area (Å²) in [7, 11) is -3.90. The number of halogens is 3. The Labute approximate surface area is 197 Å². The predicted molar refractivity (Wildman–Crippen MR) is 123 cm³/mol. The molecular formula is C23H27F3N4O3S. The molecule has 4 rings (SSSR count). The van der Waals surface area contributed by atoms with Gasteiger partial charge in [-0.1, -0.05) is 0 Å². The molecule has 0 saturated carbocycles. The van der Waals surface area contributed by atoms with Crippen molar-refractivity contribution < 1.29 is 26.4 Å². The van der Waals surface area contributed by atoms with Gasteiger partial charge in [0.2, 0.25) is 15.9 Å². The van der Waals surface area contributed by atoms with Crippen LogP contribution < -0.4 is 10.2 Å². The van der Waals surface area contributed by atoms with Gasteiger partial charge in [0.15, 0.2) is 0 Å². The molecule has 2 fully saturated rings. The van der Waals surface area contributed by atoms with E-state index in [4.69, 9.17) is 0 Å². The molecule has 2 aliphatic heterocycles. The number of hydrogen-bond donors (Lipinski definition) is 1. The van der Waals surface area contributed by atoms with E-state index in [-0.39, 0.29) is 30.4 Å². The summed E-state index contributed by atoms with van der Waals surface area (Å²) in [6.45, 7) is 3.23. The molecule has 34 heavy (non-hydrogen) atoms. The van der Waals surface area contributed by atoms with Gasteiger partial charge in [0.05, 0.1) is 17.0 Å². The minimum atomic E-state index is -4.52. The highest BCUT2D eigenvalue weighted by Crippen LogP contribution is 2.30. The summed E-state index contributed by atoms with van der Waals surface area (Å²) in [5, 5.41) is 2.87. The Kier molecular flexibility index (Phi) is 7.15. The van der Waals surface area contributed by atoms with Gasteiger partial charge in [0.25, 0.3) is 0 Å². The van der Waals surface area contributed by atoms with Crippen molar-refractivity contribution in [1.29, 1.82) is 0 Å². The number of amides is 1. The van der Waals surface area contributed by atoms with Crippen LogP contribution in [0.4, 0.5) is 24.5 Å². The van der Waals surface area contributed by atoms with Crippen LogP contribution in [-0.2, 0) is 21.0 Å². The number of carbonyl (C=O) groups is 1. The van der Waals surface area contributed by atoms with E-state index in [9.17, 15) is 26.4 Å². The number of benzene rings is 2. The Hall–Kier alpha value is -2.63. The normalized spacial score (nSPS) is 18.3. The molecule has 2 saturated heterocycles. The number of hydrogen-bond acceptors (Lipinski definition) is 5. The van der Waals surface area contributed by atoms with Gasteiger partial charge in [-0.2, -0.15) is 17.5 Å². The van der Waals surface area contributed by atoms with Gasteiger partial charge in [-0.25, -0.2) is 8.42 Å². The summed E-state index contributed by atoms with van der Waals surface area (Å²) >= 11 is 0. The second kappa shape index (κ2) is 9.93. The van der Waals surface area contributed by atoms with E-state index in [2.05, 4.69) is 10.2 Å². The zero-order valence-electron chi connectivity index (χ0n) is 18.6. The lowest BCUT2D eigenvalue weighted by atomic mass is 10.2. The summed E-state index contributed by atoms with van der Waals surface area (Å²) in [5.41, 5.74) is 0.949. The average molecular weight is 497 g/mol. The number of nitrogens with zero attached hydrogens (tertiary/aromatic N) is 3. The van der Waals surface area contributed by atoms with Gasteiger partial charge in [0.1, 0.15) is 0 Å². The summed E-state index contributed by atoms with van der Waals surface area (Å²) in [5.74, 6) is -0.187. The molecule has 0 unspecified atom stereocenters. The Morgan fingerprint density at radius 1 is 0.853 bits per heavy atom. The van der Waals surface area contributed by atoms with Gasteiger partial charge in [0, 0.05) is 50.6 Å². The number of nitrogens with one attached hydrogen (secondary N) is 1. The highest BCUT2D eigenvalue weighted by atomic mass is 32.2. The number of sulfonamides is 1. The minimum Gasteiger partial charge on any atom is -0.372 e. The topological polar surface area (TPSA) is 73.0 Å². The molecule has 1 amide bonds. The van der Waals surface area contributed by atoms with Crippen molar-refractivity contribution >= 4 is 27.3 Å². The number of rotatable bonds is 6. The molecule has 0 spiro atoms. The van der Waals surface area contributed by atoms with Crippen LogP contribution >= 0.6 is 0 Å². The molecule has 11 heteroatoms. The second-order valence-electron chi connectivity index (χ2n) is 8.49. The second-order valence-corrected chi connectivity index (χ2v) is 10.4. The first kappa shape index (κ1) is 24.5. The fraction of sp³-hybridized carbons (Fsp3) is 0.435. The van der Waals surface area contributed by atoms with Crippen LogP contribution in [0, 0.1) is 0 Å². The van der Waals surface area contributed by atoms with E-state index in [1.807, 2.05) is 29.2 Å². The van der Waals surface area contributed by atoms with Crippen molar-refractivity contribution in [2.45, 2.75) is 23.9 Å². The monoisotopic (exact) mass is 496 g/mol. The first-order chi connectivity index (χ1) is 16.1. The molecule has 0 aromatic heterocycles. The molecule has 2 aromatic carbocycles. The van der Waals surface area contributed by atoms with Gasteiger partial charge in [-0.3, -0.25) is 9.69 Å². The zero-order chi connectivity index (χ0) is 24.3. The molecule has 2 aliphatic rings. The van der Waals surface area contributed by atoms with Crippen LogP contribution in [0.3, 0.4) is 0 Å². The lowest BCUT2D eigenvalue weighted by Crippen LogP contribution is -2.50. The third-order valence-corrected chi connectivity index (χ3v) is 8.05. The molecule has 2 aromatic rings. The third kappa shape index (κ3) is 5.70. The third-order valence-electron chi connectivity index (χ3n) is 6.14. The highest BCUT2D eigenvalue weighted by molar-refractivity contribution is 7.89. The van der Waals surface area contributed by atoms with Crippen molar-refractivity contribution in [2.24, 2.45) is 0 Å². The summed E-state index contributed by atoms with van der Waals surface area (Å²) in [6, 6.07) is 11.2. The van der Waals surface area contributed by atoms with E-state index in [1.165, 1.54) is 17.1 Å². The zero-order valence-corrected chi connectivity index (χ0v) is 19.4. The summed E-state index contributed by atoms with van der Waals surface area (Å²) < 4.78 is 65.0. The van der Waals surface area contributed by atoms with E-state index in [0.717, 1.165) is 43.0 Å². The summed E-state index contributed by atoms with van der Waals surface area (Å²) in [4.78, 5) is 16.4.